The van der Waals surface area contributed by atoms with Crippen LogP contribution in [0.25, 0.3) is 0 Å². The quantitative estimate of drug-likeness (QED) is 0.381. The van der Waals surface area contributed by atoms with E-state index in [-0.39, 0.29) is 22.2 Å². The predicted octanol–water partition coefficient (Wildman–Crippen LogP) is 2.97. The Labute approximate surface area is 173 Å². The van der Waals surface area contributed by atoms with Crippen LogP contribution in [-0.4, -0.2) is 50.0 Å². The van der Waals surface area contributed by atoms with Crippen molar-refractivity contribution in [2.24, 2.45) is 0 Å². The Bertz CT molecular complexity index is 1010. The molecule has 0 radical (unpaired) electrons. The van der Waals surface area contributed by atoms with E-state index in [4.69, 9.17) is 4.74 Å². The van der Waals surface area contributed by atoms with E-state index in [1.165, 1.54) is 63.3 Å². The Balaban J connectivity index is 2.19. The molecule has 0 aliphatic heterocycles. The SMILES string of the molecule is COc1ccc(S(=O)(=O)N(C)C)cc1NC(=O)C(C)Sc1ccc([N+](=O)[O-])cc1. The van der Waals surface area contributed by atoms with Crippen LogP contribution in [0.1, 0.15) is 6.92 Å². The summed E-state index contributed by atoms with van der Waals surface area (Å²) in [6.07, 6.45) is 0. The van der Waals surface area contributed by atoms with Gasteiger partial charge < -0.3 is 10.1 Å². The number of carbonyl (C=O) groups excluding carboxylic acids is 1. The Morgan fingerprint density at radius 3 is 2.34 bits per heavy atom. The minimum atomic E-state index is -3.67. The van der Waals surface area contributed by atoms with E-state index in [9.17, 15) is 23.3 Å². The van der Waals surface area contributed by atoms with Crippen LogP contribution in [0.5, 0.6) is 5.75 Å². The van der Waals surface area contributed by atoms with Crippen LogP contribution >= 0.6 is 11.8 Å². The summed E-state index contributed by atoms with van der Waals surface area (Å²) in [5.74, 6) is -0.0466. The Morgan fingerprint density at radius 1 is 1.21 bits per heavy atom. The van der Waals surface area contributed by atoms with Gasteiger partial charge in [0.25, 0.3) is 5.69 Å². The molecular formula is C18H21N3O6S2. The molecule has 0 bridgehead atoms. The van der Waals surface area contributed by atoms with Gasteiger partial charge in [-0.2, -0.15) is 0 Å². The van der Waals surface area contributed by atoms with Crippen LogP contribution in [0.4, 0.5) is 11.4 Å². The zero-order valence-corrected chi connectivity index (χ0v) is 17.9. The van der Waals surface area contributed by atoms with Crippen molar-refractivity contribution in [2.45, 2.75) is 22.0 Å². The Morgan fingerprint density at radius 2 is 1.83 bits per heavy atom. The molecule has 1 amide bonds. The van der Waals surface area contributed by atoms with Gasteiger partial charge in [-0.15, -0.1) is 11.8 Å². The van der Waals surface area contributed by atoms with Crippen LogP contribution in [0.15, 0.2) is 52.3 Å². The molecule has 2 aromatic rings. The number of hydrogen-bond donors (Lipinski definition) is 1. The first kappa shape index (κ1) is 22.7. The number of nitro benzene ring substituents is 1. The summed E-state index contributed by atoms with van der Waals surface area (Å²) >= 11 is 1.22. The van der Waals surface area contributed by atoms with E-state index >= 15 is 0 Å². The molecule has 0 aromatic heterocycles. The lowest BCUT2D eigenvalue weighted by atomic mass is 10.3. The number of nitrogens with zero attached hydrogens (tertiary/aromatic N) is 2. The normalized spacial score (nSPS) is 12.4. The number of amides is 1. The molecule has 1 N–H and O–H groups in total. The molecule has 1 unspecified atom stereocenters. The molecule has 0 aliphatic carbocycles. The van der Waals surface area contributed by atoms with Gasteiger partial charge in [-0.25, -0.2) is 12.7 Å². The second-order valence-corrected chi connectivity index (χ2v) is 9.72. The van der Waals surface area contributed by atoms with Crippen molar-refractivity contribution >= 4 is 39.1 Å². The van der Waals surface area contributed by atoms with Crippen molar-refractivity contribution in [2.75, 3.05) is 26.5 Å². The third-order valence-corrected chi connectivity index (χ3v) is 6.86. The summed E-state index contributed by atoms with van der Waals surface area (Å²) in [4.78, 5) is 23.5. The van der Waals surface area contributed by atoms with Gasteiger partial charge in [-0.1, -0.05) is 0 Å². The number of thioether (sulfide) groups is 1. The fourth-order valence-electron chi connectivity index (χ4n) is 2.29. The van der Waals surface area contributed by atoms with E-state index in [0.29, 0.717) is 10.6 Å². The van der Waals surface area contributed by atoms with E-state index in [1.54, 1.807) is 19.1 Å². The minimum Gasteiger partial charge on any atom is -0.495 e. The van der Waals surface area contributed by atoms with Gasteiger partial charge in [0, 0.05) is 31.1 Å². The van der Waals surface area contributed by atoms with Gasteiger partial charge in [-0.3, -0.25) is 14.9 Å². The smallest absolute Gasteiger partial charge is 0.269 e. The number of rotatable bonds is 8. The van der Waals surface area contributed by atoms with Crippen LogP contribution in [0, 0.1) is 10.1 Å². The molecule has 0 saturated carbocycles. The monoisotopic (exact) mass is 439 g/mol. The second kappa shape index (κ2) is 9.25. The lowest BCUT2D eigenvalue weighted by Gasteiger charge is -2.17. The maximum atomic E-state index is 12.6. The maximum absolute atomic E-state index is 12.6. The Hall–Kier alpha value is -2.63. The average molecular weight is 440 g/mol. The molecule has 2 aromatic carbocycles. The molecule has 1 atom stereocenters. The van der Waals surface area contributed by atoms with Crippen LogP contribution in [0.3, 0.4) is 0 Å². The standard InChI is InChI=1S/C18H21N3O6S2/c1-12(28-14-7-5-13(6-8-14)21(23)24)18(22)19-16-11-15(9-10-17(16)27-4)29(25,26)20(2)3/h5-12H,1-4H3,(H,19,22). The molecule has 9 nitrogen and oxygen atoms in total. The minimum absolute atomic E-state index is 0.0225. The number of nitrogens with one attached hydrogen (secondary N) is 1. The number of carbonyl (C=O) groups is 1. The highest BCUT2D eigenvalue weighted by Crippen LogP contribution is 2.30. The van der Waals surface area contributed by atoms with Crippen molar-refractivity contribution in [3.8, 4) is 5.75 Å². The topological polar surface area (TPSA) is 119 Å². The van der Waals surface area contributed by atoms with E-state index in [0.717, 1.165) is 4.31 Å². The van der Waals surface area contributed by atoms with Gasteiger partial charge >= 0.3 is 0 Å². The molecule has 0 aliphatic rings. The predicted molar refractivity (Wildman–Crippen MR) is 111 cm³/mol. The first-order valence-corrected chi connectivity index (χ1v) is 10.7. The molecule has 0 saturated heterocycles. The third-order valence-electron chi connectivity index (χ3n) is 3.94. The Kier molecular flexibility index (Phi) is 7.22. The fraction of sp³-hybridized carbons (Fsp3) is 0.278. The van der Waals surface area contributed by atoms with Crippen molar-refractivity contribution in [1.82, 2.24) is 4.31 Å². The lowest BCUT2D eigenvalue weighted by molar-refractivity contribution is -0.384. The summed E-state index contributed by atoms with van der Waals surface area (Å²) in [7, 11) is 0.578. The number of anilines is 1. The highest BCUT2D eigenvalue weighted by atomic mass is 32.2. The number of non-ortho nitro benzene ring substituents is 1. The highest BCUT2D eigenvalue weighted by molar-refractivity contribution is 8.00. The van der Waals surface area contributed by atoms with Gasteiger partial charge in [0.1, 0.15) is 5.75 Å². The van der Waals surface area contributed by atoms with Crippen LogP contribution < -0.4 is 10.1 Å². The summed E-state index contributed by atoms with van der Waals surface area (Å²) in [5.41, 5.74) is 0.201. The summed E-state index contributed by atoms with van der Waals surface area (Å²) in [6, 6.07) is 10.1. The molecule has 156 valence electrons. The van der Waals surface area contributed by atoms with Crippen molar-refractivity contribution in [1.29, 1.82) is 0 Å². The molecule has 2 rings (SSSR count). The number of nitro groups is 1. The largest absolute Gasteiger partial charge is 0.495 e. The van der Waals surface area contributed by atoms with Crippen molar-refractivity contribution < 1.29 is 22.9 Å². The molecule has 29 heavy (non-hydrogen) atoms. The lowest BCUT2D eigenvalue weighted by Crippen LogP contribution is -2.24. The number of benzene rings is 2. The average Bonchev–Trinajstić information content (AvgIpc) is 2.68. The first-order chi connectivity index (χ1) is 13.6. The van der Waals surface area contributed by atoms with Gasteiger partial charge in [0.15, 0.2) is 0 Å². The van der Waals surface area contributed by atoms with Crippen molar-refractivity contribution in [3.05, 3.63) is 52.6 Å². The fourth-order valence-corrected chi connectivity index (χ4v) is 4.09. The molecular weight excluding hydrogens is 418 g/mol. The summed E-state index contributed by atoms with van der Waals surface area (Å²) < 4.78 is 31.0. The van der Waals surface area contributed by atoms with Gasteiger partial charge in [0.2, 0.25) is 15.9 Å². The van der Waals surface area contributed by atoms with Crippen LogP contribution in [-0.2, 0) is 14.8 Å². The van der Waals surface area contributed by atoms with E-state index in [2.05, 4.69) is 5.32 Å². The van der Waals surface area contributed by atoms with E-state index in [1.807, 2.05) is 0 Å². The molecule has 0 fully saturated rings. The first-order valence-electron chi connectivity index (χ1n) is 8.38. The number of sulfonamides is 1. The second-order valence-electron chi connectivity index (χ2n) is 6.15. The number of hydrogen-bond acceptors (Lipinski definition) is 7. The summed E-state index contributed by atoms with van der Waals surface area (Å²) in [6.45, 7) is 1.67. The zero-order chi connectivity index (χ0) is 21.8. The molecule has 11 heteroatoms. The zero-order valence-electron chi connectivity index (χ0n) is 16.3. The van der Waals surface area contributed by atoms with E-state index < -0.39 is 20.2 Å². The van der Waals surface area contributed by atoms with Gasteiger partial charge in [-0.05, 0) is 37.3 Å². The molecule has 0 spiro atoms. The maximum Gasteiger partial charge on any atom is 0.269 e. The highest BCUT2D eigenvalue weighted by Gasteiger charge is 2.21. The van der Waals surface area contributed by atoms with Gasteiger partial charge in [0.05, 0.1) is 27.9 Å². The van der Waals surface area contributed by atoms with Crippen LogP contribution in [0.2, 0.25) is 0 Å². The summed E-state index contributed by atoms with van der Waals surface area (Å²) in [5, 5.41) is 12.9. The number of ether oxygens (including phenoxy) is 1. The number of methoxy groups -OCH3 is 1. The molecule has 0 heterocycles. The van der Waals surface area contributed by atoms with Crippen molar-refractivity contribution in [3.63, 3.8) is 0 Å². The third kappa shape index (κ3) is 5.46.